The Morgan fingerprint density at radius 1 is 1.17 bits per heavy atom. The van der Waals surface area contributed by atoms with Crippen molar-refractivity contribution in [2.45, 2.75) is 50.0 Å². The number of aliphatic hydroxyl groups is 1. The molecule has 1 aromatic rings. The predicted molar refractivity (Wildman–Crippen MR) is 93.7 cm³/mol. The van der Waals surface area contributed by atoms with Crippen LogP contribution in [0.25, 0.3) is 0 Å². The molecule has 24 heavy (non-hydrogen) atoms. The number of nitrogens with zero attached hydrogens (tertiary/aromatic N) is 1. The zero-order valence-electron chi connectivity index (χ0n) is 14.3. The van der Waals surface area contributed by atoms with Crippen LogP contribution in [-0.4, -0.2) is 47.7 Å². The van der Waals surface area contributed by atoms with Gasteiger partial charge in [-0.1, -0.05) is 43.2 Å². The van der Waals surface area contributed by atoms with Gasteiger partial charge in [-0.05, 0) is 31.4 Å². The second kappa shape index (κ2) is 6.16. The first-order chi connectivity index (χ1) is 11.6. The first kappa shape index (κ1) is 16.1. The highest BCUT2D eigenvalue weighted by Crippen LogP contribution is 2.50. The molecule has 1 aromatic carbocycles. The van der Waals surface area contributed by atoms with E-state index in [1.807, 2.05) is 23.1 Å². The minimum atomic E-state index is -0.726. The van der Waals surface area contributed by atoms with Crippen molar-refractivity contribution in [3.63, 3.8) is 0 Å². The first-order valence-electron chi connectivity index (χ1n) is 9.38. The maximum Gasteiger partial charge on any atom is 0.223 e. The van der Waals surface area contributed by atoms with Crippen LogP contribution >= 0.6 is 0 Å². The molecule has 1 amide bonds. The van der Waals surface area contributed by atoms with E-state index in [-0.39, 0.29) is 17.2 Å². The molecule has 130 valence electrons. The lowest BCUT2D eigenvalue weighted by molar-refractivity contribution is -0.143. The van der Waals surface area contributed by atoms with Crippen molar-refractivity contribution in [1.82, 2.24) is 10.2 Å². The van der Waals surface area contributed by atoms with E-state index in [2.05, 4.69) is 17.4 Å². The molecule has 1 aliphatic carbocycles. The van der Waals surface area contributed by atoms with Crippen LogP contribution in [-0.2, 0) is 4.79 Å². The largest absolute Gasteiger partial charge is 0.387 e. The number of hydrogen-bond donors (Lipinski definition) is 2. The second-order valence-corrected chi connectivity index (χ2v) is 8.03. The Hall–Kier alpha value is -1.39. The standard InChI is InChI=1S/C20H28N2O2/c23-18-12-17(16-6-2-1-3-7-16)13-22(18)15-20(24)10-11-21-14-19(20)8-4-5-9-19/h1-3,6-7,17,21,24H,4-5,8-15H2/t17-,20?/m0/s1. The number of benzene rings is 1. The van der Waals surface area contributed by atoms with Crippen molar-refractivity contribution in [3.8, 4) is 0 Å². The molecular formula is C20H28N2O2. The number of carbonyl (C=O) groups excluding carboxylic acids is 1. The summed E-state index contributed by atoms with van der Waals surface area (Å²) >= 11 is 0. The highest BCUT2D eigenvalue weighted by molar-refractivity contribution is 5.80. The molecule has 2 saturated heterocycles. The molecule has 0 aromatic heterocycles. The molecule has 1 unspecified atom stereocenters. The number of likely N-dealkylation sites (tertiary alicyclic amines) is 1. The van der Waals surface area contributed by atoms with Crippen LogP contribution in [0.4, 0.5) is 0 Å². The van der Waals surface area contributed by atoms with Gasteiger partial charge in [0, 0.05) is 30.8 Å². The van der Waals surface area contributed by atoms with Gasteiger partial charge in [-0.25, -0.2) is 0 Å². The number of carbonyl (C=O) groups is 1. The number of β-amino-alcohol motifs (C(OH)–C–C–N with tert-alkyl or cyclic N) is 1. The topological polar surface area (TPSA) is 52.6 Å². The van der Waals surface area contributed by atoms with E-state index < -0.39 is 5.60 Å². The van der Waals surface area contributed by atoms with Crippen LogP contribution in [0, 0.1) is 5.41 Å². The van der Waals surface area contributed by atoms with Gasteiger partial charge in [0.15, 0.2) is 0 Å². The highest BCUT2D eigenvalue weighted by atomic mass is 16.3. The molecule has 2 atom stereocenters. The van der Waals surface area contributed by atoms with Crippen LogP contribution in [0.1, 0.15) is 50.0 Å². The zero-order valence-corrected chi connectivity index (χ0v) is 14.3. The van der Waals surface area contributed by atoms with Crippen molar-refractivity contribution < 1.29 is 9.90 Å². The van der Waals surface area contributed by atoms with Crippen molar-refractivity contribution in [3.05, 3.63) is 35.9 Å². The molecule has 0 radical (unpaired) electrons. The minimum absolute atomic E-state index is 0.0314. The zero-order chi connectivity index (χ0) is 16.6. The SMILES string of the molecule is O=C1C[C@H](c2ccccc2)CN1CC1(O)CCNCC12CCCC2. The monoisotopic (exact) mass is 328 g/mol. The average molecular weight is 328 g/mol. The molecule has 4 nitrogen and oxygen atoms in total. The minimum Gasteiger partial charge on any atom is -0.387 e. The number of hydrogen-bond acceptors (Lipinski definition) is 3. The summed E-state index contributed by atoms with van der Waals surface area (Å²) in [5.41, 5.74) is 0.480. The molecule has 2 heterocycles. The second-order valence-electron chi connectivity index (χ2n) is 8.03. The fourth-order valence-electron chi connectivity index (χ4n) is 5.18. The van der Waals surface area contributed by atoms with Crippen molar-refractivity contribution in [2.75, 3.05) is 26.2 Å². The molecule has 3 aliphatic rings. The van der Waals surface area contributed by atoms with E-state index >= 15 is 0 Å². The Bertz CT molecular complexity index is 597. The Kier molecular flexibility index (Phi) is 4.13. The molecule has 1 saturated carbocycles. The van der Waals surface area contributed by atoms with Gasteiger partial charge in [0.1, 0.15) is 0 Å². The van der Waals surface area contributed by atoms with Crippen LogP contribution < -0.4 is 5.32 Å². The fourth-order valence-corrected chi connectivity index (χ4v) is 5.18. The summed E-state index contributed by atoms with van der Waals surface area (Å²) in [6.45, 7) is 3.00. The van der Waals surface area contributed by atoms with E-state index in [9.17, 15) is 9.90 Å². The van der Waals surface area contributed by atoms with Gasteiger partial charge in [0.05, 0.1) is 12.1 Å². The van der Waals surface area contributed by atoms with E-state index in [4.69, 9.17) is 0 Å². The molecule has 0 bridgehead atoms. The third kappa shape index (κ3) is 2.66. The Morgan fingerprint density at radius 3 is 2.67 bits per heavy atom. The summed E-state index contributed by atoms with van der Waals surface area (Å²) in [4.78, 5) is 14.5. The van der Waals surface area contributed by atoms with Gasteiger partial charge in [-0.2, -0.15) is 0 Å². The molecule has 3 fully saturated rings. The predicted octanol–water partition coefficient (Wildman–Crippen LogP) is 2.29. The van der Waals surface area contributed by atoms with Crippen LogP contribution in [0.2, 0.25) is 0 Å². The van der Waals surface area contributed by atoms with E-state index in [0.29, 0.717) is 13.0 Å². The van der Waals surface area contributed by atoms with Gasteiger partial charge in [-0.3, -0.25) is 4.79 Å². The Balaban J connectivity index is 1.51. The fraction of sp³-hybridized carbons (Fsp3) is 0.650. The Morgan fingerprint density at radius 2 is 1.92 bits per heavy atom. The van der Waals surface area contributed by atoms with E-state index in [0.717, 1.165) is 38.9 Å². The van der Waals surface area contributed by atoms with Gasteiger partial charge < -0.3 is 15.3 Å². The van der Waals surface area contributed by atoms with Crippen LogP contribution in [0.3, 0.4) is 0 Å². The number of amides is 1. The smallest absolute Gasteiger partial charge is 0.223 e. The maximum atomic E-state index is 12.6. The average Bonchev–Trinajstić information content (AvgIpc) is 3.20. The molecule has 2 N–H and O–H groups in total. The highest BCUT2D eigenvalue weighted by Gasteiger charge is 2.54. The molecular weight excluding hydrogens is 300 g/mol. The summed E-state index contributed by atoms with van der Waals surface area (Å²) < 4.78 is 0. The number of piperidine rings is 1. The Labute approximate surface area is 144 Å². The summed E-state index contributed by atoms with van der Waals surface area (Å²) in [7, 11) is 0. The van der Waals surface area contributed by atoms with Crippen LogP contribution in [0.15, 0.2) is 30.3 Å². The molecule has 4 heteroatoms. The number of rotatable bonds is 3. The van der Waals surface area contributed by atoms with E-state index in [1.165, 1.54) is 18.4 Å². The molecule has 1 spiro atoms. The summed E-state index contributed by atoms with van der Waals surface area (Å²) in [6, 6.07) is 10.3. The lowest BCUT2D eigenvalue weighted by atomic mass is 9.66. The normalized spacial score (nSPS) is 32.6. The maximum absolute atomic E-state index is 12.6. The summed E-state index contributed by atoms with van der Waals surface area (Å²) in [5, 5.41) is 15.0. The third-order valence-corrected chi connectivity index (χ3v) is 6.66. The molecule has 2 aliphatic heterocycles. The van der Waals surface area contributed by atoms with E-state index in [1.54, 1.807) is 0 Å². The summed E-state index contributed by atoms with van der Waals surface area (Å²) in [5.74, 6) is 0.465. The van der Waals surface area contributed by atoms with Crippen molar-refractivity contribution in [2.24, 2.45) is 5.41 Å². The first-order valence-corrected chi connectivity index (χ1v) is 9.38. The van der Waals surface area contributed by atoms with Crippen molar-refractivity contribution in [1.29, 1.82) is 0 Å². The van der Waals surface area contributed by atoms with Crippen LogP contribution in [0.5, 0.6) is 0 Å². The van der Waals surface area contributed by atoms with Gasteiger partial charge in [0.2, 0.25) is 5.91 Å². The third-order valence-electron chi connectivity index (χ3n) is 6.66. The van der Waals surface area contributed by atoms with Gasteiger partial charge in [0.25, 0.3) is 0 Å². The van der Waals surface area contributed by atoms with Crippen molar-refractivity contribution >= 4 is 5.91 Å². The molecule has 4 rings (SSSR count). The number of nitrogens with one attached hydrogen (secondary N) is 1. The van der Waals surface area contributed by atoms with Gasteiger partial charge >= 0.3 is 0 Å². The van der Waals surface area contributed by atoms with Gasteiger partial charge in [-0.15, -0.1) is 0 Å². The summed E-state index contributed by atoms with van der Waals surface area (Å²) in [6.07, 6.45) is 5.90. The lowest BCUT2D eigenvalue weighted by Gasteiger charge is -2.50. The quantitative estimate of drug-likeness (QED) is 0.895. The lowest BCUT2D eigenvalue weighted by Crippen LogP contribution is -2.62.